The number of rotatable bonds is 5. The van der Waals surface area contributed by atoms with Crippen LogP contribution in [-0.4, -0.2) is 13.7 Å². The molecule has 0 N–H and O–H groups in total. The Morgan fingerprint density at radius 1 is 0.435 bits per heavy atom. The standard InChI is InChI=1S/C43H33N3/c1-3-15-38-32(4-2)33-16-5-10-21-39(33)44(38)29-26-30(45-40-22-11-6-17-34(40)35-18-7-12-23-41(35)45)28-31(27-29)46-42-24-13-8-19-36(42)37-20-9-14-25-43(37)46/h3,5-28H,4H2,1-2H3/b15-3-. The Morgan fingerprint density at radius 3 is 1.13 bits per heavy atom. The van der Waals surface area contributed by atoms with Crippen molar-refractivity contribution in [2.75, 3.05) is 0 Å². The van der Waals surface area contributed by atoms with E-state index in [2.05, 4.69) is 179 Å². The van der Waals surface area contributed by atoms with E-state index in [1.165, 1.54) is 65.8 Å². The number of benzene rings is 6. The number of nitrogens with zero attached hydrogens (tertiary/aromatic N) is 3. The minimum absolute atomic E-state index is 0.958. The molecule has 3 heterocycles. The summed E-state index contributed by atoms with van der Waals surface area (Å²) in [4.78, 5) is 0. The van der Waals surface area contributed by atoms with Crippen LogP contribution in [0, 0.1) is 0 Å². The van der Waals surface area contributed by atoms with Crippen molar-refractivity contribution in [3.63, 3.8) is 0 Å². The smallest absolute Gasteiger partial charge is 0.0541 e. The molecule has 0 bridgehead atoms. The van der Waals surface area contributed by atoms with E-state index < -0.39 is 0 Å². The van der Waals surface area contributed by atoms with Crippen LogP contribution in [0.15, 0.2) is 146 Å². The first-order chi connectivity index (χ1) is 22.8. The molecule has 220 valence electrons. The summed E-state index contributed by atoms with van der Waals surface area (Å²) in [5.74, 6) is 0. The number of hydrogen-bond donors (Lipinski definition) is 0. The fourth-order valence-corrected chi connectivity index (χ4v) is 7.68. The minimum Gasteiger partial charge on any atom is -0.309 e. The van der Waals surface area contributed by atoms with E-state index in [-0.39, 0.29) is 0 Å². The van der Waals surface area contributed by atoms with Gasteiger partial charge in [-0.25, -0.2) is 0 Å². The van der Waals surface area contributed by atoms with Crippen molar-refractivity contribution in [2.45, 2.75) is 20.3 Å². The zero-order valence-electron chi connectivity index (χ0n) is 26.0. The molecule has 3 aromatic heterocycles. The lowest BCUT2D eigenvalue weighted by Crippen LogP contribution is -2.04. The van der Waals surface area contributed by atoms with Crippen molar-refractivity contribution in [1.29, 1.82) is 0 Å². The van der Waals surface area contributed by atoms with Gasteiger partial charge in [-0.15, -0.1) is 0 Å². The second-order valence-electron chi connectivity index (χ2n) is 12.0. The molecule has 0 saturated carbocycles. The van der Waals surface area contributed by atoms with Crippen molar-refractivity contribution in [3.05, 3.63) is 157 Å². The van der Waals surface area contributed by atoms with E-state index in [1.54, 1.807) is 0 Å². The van der Waals surface area contributed by atoms with Crippen LogP contribution < -0.4 is 0 Å². The Kier molecular flexibility index (Phi) is 6.01. The van der Waals surface area contributed by atoms with Gasteiger partial charge >= 0.3 is 0 Å². The number of para-hydroxylation sites is 5. The Labute approximate surface area is 267 Å². The topological polar surface area (TPSA) is 14.8 Å². The van der Waals surface area contributed by atoms with Crippen molar-refractivity contribution >= 4 is 60.6 Å². The van der Waals surface area contributed by atoms with Gasteiger partial charge in [0.05, 0.1) is 44.6 Å². The fraction of sp³-hybridized carbons (Fsp3) is 0.0698. The highest BCUT2D eigenvalue weighted by molar-refractivity contribution is 6.10. The summed E-state index contributed by atoms with van der Waals surface area (Å²) in [6.07, 6.45) is 5.39. The highest BCUT2D eigenvalue weighted by atomic mass is 15.0. The van der Waals surface area contributed by atoms with Crippen LogP contribution in [-0.2, 0) is 6.42 Å². The molecule has 0 unspecified atom stereocenters. The van der Waals surface area contributed by atoms with E-state index in [0.29, 0.717) is 0 Å². The summed E-state index contributed by atoms with van der Waals surface area (Å²) in [5.41, 5.74) is 12.0. The number of aromatic nitrogens is 3. The van der Waals surface area contributed by atoms with Crippen molar-refractivity contribution in [1.82, 2.24) is 13.7 Å². The van der Waals surface area contributed by atoms with Gasteiger partial charge in [0.15, 0.2) is 0 Å². The largest absolute Gasteiger partial charge is 0.309 e. The molecular formula is C43H33N3. The second-order valence-corrected chi connectivity index (χ2v) is 12.0. The van der Waals surface area contributed by atoms with Crippen LogP contribution in [0.2, 0.25) is 0 Å². The molecule has 3 heteroatoms. The molecule has 0 fully saturated rings. The highest BCUT2D eigenvalue weighted by Gasteiger charge is 2.20. The number of fused-ring (bicyclic) bond motifs is 7. The maximum atomic E-state index is 2.46. The van der Waals surface area contributed by atoms with Crippen molar-refractivity contribution in [2.24, 2.45) is 0 Å². The highest BCUT2D eigenvalue weighted by Crippen LogP contribution is 2.38. The average molecular weight is 592 g/mol. The lowest BCUT2D eigenvalue weighted by molar-refractivity contribution is 1.04. The van der Waals surface area contributed by atoms with Gasteiger partial charge in [0.1, 0.15) is 0 Å². The van der Waals surface area contributed by atoms with E-state index in [4.69, 9.17) is 0 Å². The third-order valence-corrected chi connectivity index (χ3v) is 9.52. The van der Waals surface area contributed by atoms with Gasteiger partial charge in [-0.05, 0) is 73.5 Å². The normalized spacial score (nSPS) is 12.1. The first-order valence-corrected chi connectivity index (χ1v) is 16.1. The quantitative estimate of drug-likeness (QED) is 0.189. The van der Waals surface area contributed by atoms with Crippen LogP contribution in [0.25, 0.3) is 77.7 Å². The first-order valence-electron chi connectivity index (χ1n) is 16.1. The SMILES string of the molecule is C/C=C\c1c(CC)c2ccccc2n1-c1cc(-n2c3ccccc3c3ccccc32)cc(-n2c3ccccc3c3ccccc32)c1. The molecular weight excluding hydrogens is 558 g/mol. The summed E-state index contributed by atoms with van der Waals surface area (Å²) in [5, 5.41) is 6.35. The molecule has 0 aliphatic heterocycles. The molecule has 6 aromatic carbocycles. The molecule has 0 atom stereocenters. The van der Waals surface area contributed by atoms with Crippen molar-refractivity contribution in [3.8, 4) is 17.1 Å². The van der Waals surface area contributed by atoms with Gasteiger partial charge in [-0.1, -0.05) is 104 Å². The van der Waals surface area contributed by atoms with E-state index in [1.807, 2.05) is 0 Å². The average Bonchev–Trinajstić information content (AvgIpc) is 3.74. The van der Waals surface area contributed by atoms with Gasteiger partial charge in [0.25, 0.3) is 0 Å². The maximum absolute atomic E-state index is 2.46. The van der Waals surface area contributed by atoms with Crippen LogP contribution in [0.1, 0.15) is 25.1 Å². The molecule has 9 aromatic rings. The molecule has 0 spiro atoms. The Balaban J connectivity index is 1.46. The maximum Gasteiger partial charge on any atom is 0.0541 e. The van der Waals surface area contributed by atoms with Gasteiger partial charge < -0.3 is 13.7 Å². The van der Waals surface area contributed by atoms with Crippen LogP contribution in [0.3, 0.4) is 0 Å². The number of allylic oxidation sites excluding steroid dienone is 1. The lowest BCUT2D eigenvalue weighted by Gasteiger charge is -2.18. The molecule has 0 radical (unpaired) electrons. The third-order valence-electron chi connectivity index (χ3n) is 9.52. The molecule has 0 aliphatic carbocycles. The fourth-order valence-electron chi connectivity index (χ4n) is 7.68. The van der Waals surface area contributed by atoms with Gasteiger partial charge in [-0.2, -0.15) is 0 Å². The van der Waals surface area contributed by atoms with Gasteiger partial charge in [0.2, 0.25) is 0 Å². The van der Waals surface area contributed by atoms with Gasteiger partial charge in [-0.3, -0.25) is 0 Å². The minimum atomic E-state index is 0.958. The predicted molar refractivity (Wildman–Crippen MR) is 196 cm³/mol. The monoisotopic (exact) mass is 591 g/mol. The third kappa shape index (κ3) is 3.78. The molecule has 0 saturated heterocycles. The molecule has 3 nitrogen and oxygen atoms in total. The molecule has 46 heavy (non-hydrogen) atoms. The zero-order chi connectivity index (χ0) is 30.8. The molecule has 0 amide bonds. The Bertz CT molecular complexity index is 2400. The second kappa shape index (κ2) is 10.4. The van der Waals surface area contributed by atoms with E-state index in [0.717, 1.165) is 23.5 Å². The Hall–Kier alpha value is -5.80. The Morgan fingerprint density at radius 2 is 0.761 bits per heavy atom. The van der Waals surface area contributed by atoms with E-state index >= 15 is 0 Å². The first kappa shape index (κ1) is 26.6. The van der Waals surface area contributed by atoms with Crippen LogP contribution >= 0.6 is 0 Å². The zero-order valence-corrected chi connectivity index (χ0v) is 26.0. The molecule has 9 rings (SSSR count). The number of aryl methyl sites for hydroxylation is 1. The van der Waals surface area contributed by atoms with Crippen molar-refractivity contribution < 1.29 is 0 Å². The molecule has 0 aliphatic rings. The van der Waals surface area contributed by atoms with Crippen LogP contribution in [0.5, 0.6) is 0 Å². The summed E-state index contributed by atoms with van der Waals surface area (Å²) < 4.78 is 7.34. The summed E-state index contributed by atoms with van der Waals surface area (Å²) in [6, 6.07) is 51.0. The summed E-state index contributed by atoms with van der Waals surface area (Å²) in [6.45, 7) is 4.37. The number of hydrogen-bond acceptors (Lipinski definition) is 0. The summed E-state index contributed by atoms with van der Waals surface area (Å²) in [7, 11) is 0. The summed E-state index contributed by atoms with van der Waals surface area (Å²) >= 11 is 0. The lowest BCUT2D eigenvalue weighted by atomic mass is 10.1. The van der Waals surface area contributed by atoms with Gasteiger partial charge in [0, 0.05) is 32.6 Å². The van der Waals surface area contributed by atoms with E-state index in [9.17, 15) is 0 Å². The van der Waals surface area contributed by atoms with Crippen LogP contribution in [0.4, 0.5) is 0 Å². The predicted octanol–water partition coefficient (Wildman–Crippen LogP) is 11.4.